The molecule has 2 heterocycles. The van der Waals surface area contributed by atoms with E-state index in [-0.39, 0.29) is 0 Å². The van der Waals surface area contributed by atoms with Crippen molar-refractivity contribution in [3.8, 4) is 84.3 Å². The molecule has 2 aliphatic rings. The summed E-state index contributed by atoms with van der Waals surface area (Å²) in [7, 11) is 0. The maximum atomic E-state index is 6.59. The highest BCUT2D eigenvalue weighted by atomic mass is 16.5. The molecule has 1 aliphatic carbocycles. The van der Waals surface area contributed by atoms with Gasteiger partial charge in [0.15, 0.2) is 5.58 Å². The largest absolute Gasteiger partial charge is 0.487 e. The molecule has 0 atom stereocenters. The van der Waals surface area contributed by atoms with Crippen molar-refractivity contribution in [3.05, 3.63) is 258 Å². The van der Waals surface area contributed by atoms with Gasteiger partial charge in [0.2, 0.25) is 5.89 Å². The smallest absolute Gasteiger partial charge is 0.227 e. The Morgan fingerprint density at radius 1 is 0.412 bits per heavy atom. The highest BCUT2D eigenvalue weighted by Crippen LogP contribution is 2.62. The van der Waals surface area contributed by atoms with Gasteiger partial charge in [-0.15, -0.1) is 0 Å². The zero-order valence-electron chi connectivity index (χ0n) is 36.9. The average Bonchev–Trinajstić information content (AvgIpc) is 3.97. The third-order valence-corrected chi connectivity index (χ3v) is 13.7. The molecule has 10 aromatic carbocycles. The summed E-state index contributed by atoms with van der Waals surface area (Å²) in [6.45, 7) is 0.422. The second kappa shape index (κ2) is 15.9. The first kappa shape index (κ1) is 39.4. The summed E-state index contributed by atoms with van der Waals surface area (Å²) in [6, 6.07) is 81.3. The minimum absolute atomic E-state index is 0.422. The maximum Gasteiger partial charge on any atom is 0.227 e. The van der Waals surface area contributed by atoms with Crippen molar-refractivity contribution in [1.29, 1.82) is 0 Å². The minimum Gasteiger partial charge on any atom is -0.487 e. The van der Waals surface area contributed by atoms with Gasteiger partial charge in [-0.25, -0.2) is 4.98 Å². The quantitative estimate of drug-likeness (QED) is 0.154. The lowest BCUT2D eigenvalue weighted by Crippen LogP contribution is -2.32. The van der Waals surface area contributed by atoms with Crippen LogP contribution in [0.25, 0.3) is 78.2 Å². The Hall–Kier alpha value is -8.93. The van der Waals surface area contributed by atoms with Crippen LogP contribution in [0.5, 0.6) is 17.2 Å². The molecule has 68 heavy (non-hydrogen) atoms. The summed E-state index contributed by atoms with van der Waals surface area (Å²) in [6.07, 6.45) is 0. The zero-order chi connectivity index (χ0) is 45.2. The van der Waals surface area contributed by atoms with Crippen LogP contribution in [0, 0.1) is 0 Å². The van der Waals surface area contributed by atoms with E-state index in [1.807, 2.05) is 48.5 Å². The third kappa shape index (κ3) is 6.51. The van der Waals surface area contributed by atoms with Gasteiger partial charge in [0.05, 0.1) is 11.1 Å². The summed E-state index contributed by atoms with van der Waals surface area (Å²) in [5, 5.41) is 0. The summed E-state index contributed by atoms with van der Waals surface area (Å²) in [4.78, 5) is 4.74. The van der Waals surface area contributed by atoms with E-state index in [0.29, 0.717) is 23.9 Å². The Balaban J connectivity index is 0.874. The topological polar surface area (TPSA) is 70.5 Å². The van der Waals surface area contributed by atoms with Gasteiger partial charge < -0.3 is 19.6 Å². The average molecular weight is 875 g/mol. The van der Waals surface area contributed by atoms with Crippen LogP contribution < -0.4 is 15.2 Å². The number of oxazole rings is 1. The van der Waals surface area contributed by atoms with Gasteiger partial charge in [-0.05, 0) is 145 Å². The molecular weight excluding hydrogens is 833 g/mol. The number of nitrogen functional groups attached to an aromatic ring is 1. The molecule has 5 nitrogen and oxygen atoms in total. The van der Waals surface area contributed by atoms with Crippen molar-refractivity contribution < 1.29 is 13.9 Å². The first-order chi connectivity index (χ1) is 33.6. The van der Waals surface area contributed by atoms with Crippen molar-refractivity contribution in [2.75, 3.05) is 5.73 Å². The molecule has 322 valence electrons. The molecule has 13 rings (SSSR count). The van der Waals surface area contributed by atoms with Crippen LogP contribution in [-0.2, 0) is 12.0 Å². The van der Waals surface area contributed by atoms with Gasteiger partial charge in [0.1, 0.15) is 29.4 Å². The number of nitrogens with two attached hydrogens (primary N) is 1. The number of hydrogen-bond donors (Lipinski definition) is 1. The second-order valence-corrected chi connectivity index (χ2v) is 17.6. The second-order valence-electron chi connectivity index (χ2n) is 17.6. The van der Waals surface area contributed by atoms with Crippen molar-refractivity contribution >= 4 is 16.8 Å². The van der Waals surface area contributed by atoms with E-state index >= 15 is 0 Å². The van der Waals surface area contributed by atoms with E-state index in [0.717, 1.165) is 89.4 Å². The fourth-order valence-corrected chi connectivity index (χ4v) is 10.4. The van der Waals surface area contributed by atoms with Crippen LogP contribution in [0.15, 0.2) is 235 Å². The molecule has 1 aromatic heterocycles. The number of fused-ring (bicyclic) bond motifs is 10. The molecule has 0 fully saturated rings. The van der Waals surface area contributed by atoms with Crippen molar-refractivity contribution in [3.63, 3.8) is 0 Å². The van der Waals surface area contributed by atoms with Crippen LogP contribution >= 0.6 is 0 Å². The molecule has 2 N–H and O–H groups in total. The summed E-state index contributed by atoms with van der Waals surface area (Å²) in [5.74, 6) is 3.08. The molecule has 0 saturated heterocycles. The Morgan fingerprint density at radius 3 is 1.56 bits per heavy atom. The van der Waals surface area contributed by atoms with E-state index in [2.05, 4.69) is 182 Å². The fraction of sp³-hybridized carbons (Fsp3) is 0.0317. The van der Waals surface area contributed by atoms with Crippen LogP contribution in [0.3, 0.4) is 0 Å². The summed E-state index contributed by atoms with van der Waals surface area (Å²) >= 11 is 0. The summed E-state index contributed by atoms with van der Waals surface area (Å²) in [5.41, 5.74) is 26.2. The number of nitrogens with zero attached hydrogens (tertiary/aromatic N) is 1. The van der Waals surface area contributed by atoms with Gasteiger partial charge in [0, 0.05) is 16.7 Å². The highest BCUT2D eigenvalue weighted by Gasteiger charge is 2.51. The number of para-hydroxylation sites is 6. The Labute approximate surface area is 394 Å². The number of rotatable bonds is 8. The first-order valence-corrected chi connectivity index (χ1v) is 23.0. The number of aromatic nitrogens is 1. The normalized spacial score (nSPS) is 12.8. The molecular formula is C63H42N2O3. The Bertz CT molecular complexity index is 3640. The van der Waals surface area contributed by atoms with E-state index in [9.17, 15) is 0 Å². The number of benzene rings is 10. The molecule has 1 spiro atoms. The SMILES string of the molecule is Nc1ccccc1OCc1ccc(-c2cc(-c3ccc(-c4ccc5c(c4)C4(c6ccccc6Oc6ccccc64)c4ccccc4-5)cc3)cc(-c3ccc(-c4nc5ccccc5o4)cc3)c2)cc1. The molecule has 1 aliphatic heterocycles. The molecule has 0 unspecified atom stereocenters. The van der Waals surface area contributed by atoms with Crippen molar-refractivity contribution in [2.24, 2.45) is 0 Å². The van der Waals surface area contributed by atoms with E-state index < -0.39 is 5.41 Å². The van der Waals surface area contributed by atoms with E-state index in [4.69, 9.17) is 24.6 Å². The number of ether oxygens (including phenoxy) is 2. The lowest BCUT2D eigenvalue weighted by atomic mass is 9.66. The predicted octanol–water partition coefficient (Wildman–Crippen LogP) is 15.8. The Morgan fingerprint density at radius 2 is 0.912 bits per heavy atom. The molecule has 0 bridgehead atoms. The molecule has 0 radical (unpaired) electrons. The predicted molar refractivity (Wildman–Crippen MR) is 274 cm³/mol. The number of hydrogen-bond acceptors (Lipinski definition) is 5. The molecule has 0 amide bonds. The molecule has 0 saturated carbocycles. The van der Waals surface area contributed by atoms with Gasteiger partial charge in [0.25, 0.3) is 0 Å². The van der Waals surface area contributed by atoms with Crippen molar-refractivity contribution in [1.82, 2.24) is 4.98 Å². The van der Waals surface area contributed by atoms with Gasteiger partial charge in [-0.2, -0.15) is 0 Å². The maximum absolute atomic E-state index is 6.59. The van der Waals surface area contributed by atoms with E-state index in [1.54, 1.807) is 0 Å². The molecule has 5 heteroatoms. The highest BCUT2D eigenvalue weighted by molar-refractivity contribution is 5.91. The van der Waals surface area contributed by atoms with Crippen LogP contribution in [0.2, 0.25) is 0 Å². The lowest BCUT2D eigenvalue weighted by molar-refractivity contribution is 0.308. The number of anilines is 1. The molecule has 11 aromatic rings. The lowest BCUT2D eigenvalue weighted by Gasteiger charge is -2.39. The minimum atomic E-state index is -0.522. The van der Waals surface area contributed by atoms with E-state index in [1.165, 1.54) is 22.3 Å². The van der Waals surface area contributed by atoms with Gasteiger partial charge in [-0.1, -0.05) is 158 Å². The van der Waals surface area contributed by atoms with Crippen LogP contribution in [0.1, 0.15) is 27.8 Å². The fourth-order valence-electron chi connectivity index (χ4n) is 10.4. The summed E-state index contributed by atoms with van der Waals surface area (Å²) < 4.78 is 18.8. The van der Waals surface area contributed by atoms with Gasteiger partial charge in [-0.3, -0.25) is 0 Å². The van der Waals surface area contributed by atoms with Crippen LogP contribution in [-0.4, -0.2) is 4.98 Å². The third-order valence-electron chi connectivity index (χ3n) is 13.7. The monoisotopic (exact) mass is 874 g/mol. The van der Waals surface area contributed by atoms with Crippen molar-refractivity contribution in [2.45, 2.75) is 12.0 Å². The van der Waals surface area contributed by atoms with Gasteiger partial charge >= 0.3 is 0 Å². The first-order valence-electron chi connectivity index (χ1n) is 23.0. The zero-order valence-corrected chi connectivity index (χ0v) is 36.9. The standard InChI is InChI=1S/C63H42N2O3/c64-56-15-5-9-19-60(56)66-39-40-21-23-42(24-22-40)47-35-48(37-49(36-47)44-29-31-45(32-30-44)62-65-57-16-6-10-20-61(57)68-62)43-27-25-41(26-28-43)46-33-34-51-50-11-1-2-12-52(50)63(55(51)38-46)53-13-3-7-17-58(53)67-59-18-8-4-14-54(59)63/h1-38H,39,64H2. The Kier molecular flexibility index (Phi) is 9.22. The van der Waals surface area contributed by atoms with Crippen LogP contribution in [0.4, 0.5) is 5.69 Å².